The molecule has 1 aromatic carbocycles. The molecule has 3 nitrogen and oxygen atoms in total. The van der Waals surface area contributed by atoms with Crippen LogP contribution in [-0.4, -0.2) is 42.5 Å². The molecule has 1 aromatic rings. The molecule has 0 heterocycles. The van der Waals surface area contributed by atoms with E-state index >= 15 is 0 Å². The molecule has 0 aromatic heterocycles. The normalized spacial score (nSPS) is 11.0. The summed E-state index contributed by atoms with van der Waals surface area (Å²) in [6, 6.07) is 0.924. The van der Waals surface area contributed by atoms with E-state index in [0.717, 1.165) is 6.07 Å². The predicted molar refractivity (Wildman–Crippen MR) is 63.4 cm³/mol. The maximum atomic E-state index is 10.8. The zero-order valence-electron chi connectivity index (χ0n) is 6.26. The van der Waals surface area contributed by atoms with E-state index in [1.54, 1.807) is 0 Å². The fourth-order valence-corrected chi connectivity index (χ4v) is 2.55. The third-order valence-corrected chi connectivity index (χ3v) is 4.09. The molecular weight excluding hydrogens is 317 g/mol. The molecule has 0 saturated heterocycles. The van der Waals surface area contributed by atoms with Gasteiger partial charge >= 0.3 is 29.6 Å². The molecule has 0 spiro atoms. The van der Waals surface area contributed by atoms with Crippen LogP contribution in [-0.2, 0) is 10.1 Å². The van der Waals surface area contributed by atoms with Gasteiger partial charge in [-0.3, -0.25) is 4.55 Å². The summed E-state index contributed by atoms with van der Waals surface area (Å²) < 4.78 is 30.3. The van der Waals surface area contributed by atoms with Crippen LogP contribution in [0.15, 0.2) is 11.0 Å². The summed E-state index contributed by atoms with van der Waals surface area (Å²) in [6.45, 7) is 0. The van der Waals surface area contributed by atoms with E-state index in [1.165, 1.54) is 0 Å². The van der Waals surface area contributed by atoms with E-state index in [0.29, 0.717) is 0 Å². The molecule has 0 radical (unpaired) electrons. The van der Waals surface area contributed by atoms with Crippen molar-refractivity contribution in [1.29, 1.82) is 0 Å². The van der Waals surface area contributed by atoms with E-state index in [1.807, 2.05) is 0 Å². The van der Waals surface area contributed by atoms with Crippen molar-refractivity contribution in [3.8, 4) is 0 Å². The average Bonchev–Trinajstić information content (AvgIpc) is 2.06. The molecule has 15 heavy (non-hydrogen) atoms. The first-order valence-corrected chi connectivity index (χ1v) is 6.01. The van der Waals surface area contributed by atoms with Gasteiger partial charge in [0.05, 0.1) is 20.1 Å². The summed E-state index contributed by atoms with van der Waals surface area (Å²) in [7, 11) is -4.45. The third kappa shape index (κ3) is 3.63. The summed E-state index contributed by atoms with van der Waals surface area (Å²) in [6.07, 6.45) is 0. The molecule has 0 unspecified atom stereocenters. The van der Waals surface area contributed by atoms with Crippen LogP contribution in [0.5, 0.6) is 0 Å². The van der Waals surface area contributed by atoms with E-state index in [-0.39, 0.29) is 49.6 Å². The Balaban J connectivity index is 0.00000196. The summed E-state index contributed by atoms with van der Waals surface area (Å²) in [5.74, 6) is 0. The Morgan fingerprint density at radius 2 is 1.47 bits per heavy atom. The van der Waals surface area contributed by atoms with E-state index in [9.17, 15) is 8.42 Å². The standard InChI is InChI=1S/C6H2Cl4O3S.Na.H/c7-2-1-3(14(11,12)13)5(9)6(10)4(2)8;;/h1H,(H,11,12,13);;. The Morgan fingerprint density at radius 1 is 1.00 bits per heavy atom. The molecule has 0 bridgehead atoms. The van der Waals surface area contributed by atoms with Gasteiger partial charge in [0.1, 0.15) is 4.90 Å². The predicted octanol–water partition coefficient (Wildman–Crippen LogP) is 2.90. The van der Waals surface area contributed by atoms with Crippen molar-refractivity contribution in [2.24, 2.45) is 0 Å². The van der Waals surface area contributed by atoms with Crippen LogP contribution in [0.3, 0.4) is 0 Å². The quantitative estimate of drug-likeness (QED) is 0.375. The van der Waals surface area contributed by atoms with Crippen molar-refractivity contribution >= 4 is 86.1 Å². The van der Waals surface area contributed by atoms with Gasteiger partial charge in [0.2, 0.25) is 0 Å². The number of hydrogen-bond donors (Lipinski definition) is 1. The molecule has 0 aliphatic carbocycles. The molecule has 0 aliphatic heterocycles. The summed E-state index contributed by atoms with van der Waals surface area (Å²) in [5, 5.41) is -0.739. The van der Waals surface area contributed by atoms with Crippen molar-refractivity contribution in [2.75, 3.05) is 0 Å². The first-order chi connectivity index (χ1) is 6.25. The van der Waals surface area contributed by atoms with Gasteiger partial charge in [0.25, 0.3) is 10.1 Å². The van der Waals surface area contributed by atoms with E-state index in [2.05, 4.69) is 0 Å². The van der Waals surface area contributed by atoms with Crippen molar-refractivity contribution in [2.45, 2.75) is 4.90 Å². The minimum atomic E-state index is -4.45. The van der Waals surface area contributed by atoms with Crippen LogP contribution in [0.1, 0.15) is 0 Å². The van der Waals surface area contributed by atoms with Crippen molar-refractivity contribution < 1.29 is 13.0 Å². The molecule has 9 heteroatoms. The van der Waals surface area contributed by atoms with Crippen LogP contribution in [0, 0.1) is 0 Å². The molecule has 0 saturated carbocycles. The fourth-order valence-electron chi connectivity index (χ4n) is 0.739. The molecule has 0 amide bonds. The minimum absolute atomic E-state index is 0. The molecule has 0 fully saturated rings. The Morgan fingerprint density at radius 3 is 1.87 bits per heavy atom. The zero-order valence-corrected chi connectivity index (χ0v) is 10.1. The molecule has 1 rings (SSSR count). The van der Waals surface area contributed by atoms with Gasteiger partial charge in [0, 0.05) is 0 Å². The molecule has 80 valence electrons. The number of halogens is 4. The van der Waals surface area contributed by atoms with Crippen molar-refractivity contribution in [3.05, 3.63) is 26.2 Å². The SMILES string of the molecule is O=S(=O)(O)c1cc(Cl)c(Cl)c(Cl)c1Cl.[NaH]. The van der Waals surface area contributed by atoms with Gasteiger partial charge in [0.15, 0.2) is 0 Å². The maximum absolute atomic E-state index is 10.8. The monoisotopic (exact) mass is 318 g/mol. The van der Waals surface area contributed by atoms with Crippen LogP contribution in [0.25, 0.3) is 0 Å². The van der Waals surface area contributed by atoms with Gasteiger partial charge in [-0.2, -0.15) is 8.42 Å². The zero-order chi connectivity index (χ0) is 11.1. The van der Waals surface area contributed by atoms with Crippen LogP contribution >= 0.6 is 46.4 Å². The third-order valence-electron chi connectivity index (χ3n) is 1.35. The summed E-state index contributed by atoms with van der Waals surface area (Å²) in [4.78, 5) is -0.571. The second kappa shape index (κ2) is 5.76. The Labute approximate surface area is 129 Å². The average molecular weight is 320 g/mol. The number of rotatable bonds is 1. The summed E-state index contributed by atoms with van der Waals surface area (Å²) in [5.41, 5.74) is 0. The van der Waals surface area contributed by atoms with Crippen LogP contribution in [0.2, 0.25) is 20.1 Å². The Kier molecular flexibility index (Phi) is 6.25. The fraction of sp³-hybridized carbons (Fsp3) is 0. The molecule has 0 atom stereocenters. The van der Waals surface area contributed by atoms with Crippen LogP contribution in [0.4, 0.5) is 0 Å². The van der Waals surface area contributed by atoms with Gasteiger partial charge in [-0.15, -0.1) is 0 Å². The molecule has 0 aliphatic rings. The Bertz CT molecular complexity index is 488. The Hall–Kier alpha value is 1.29. The van der Waals surface area contributed by atoms with E-state index < -0.39 is 15.0 Å². The van der Waals surface area contributed by atoms with Gasteiger partial charge in [-0.25, -0.2) is 0 Å². The second-order valence-corrected chi connectivity index (χ2v) is 5.20. The molecular formula is C6H3Cl4NaO3S. The van der Waals surface area contributed by atoms with E-state index in [4.69, 9.17) is 51.0 Å². The van der Waals surface area contributed by atoms with Crippen molar-refractivity contribution in [1.82, 2.24) is 0 Å². The topological polar surface area (TPSA) is 54.4 Å². The van der Waals surface area contributed by atoms with Gasteiger partial charge in [-0.05, 0) is 6.07 Å². The first kappa shape index (κ1) is 16.3. The van der Waals surface area contributed by atoms with Gasteiger partial charge in [-0.1, -0.05) is 46.4 Å². The number of benzene rings is 1. The summed E-state index contributed by atoms with van der Waals surface area (Å²) >= 11 is 22.2. The van der Waals surface area contributed by atoms with Crippen molar-refractivity contribution in [3.63, 3.8) is 0 Å². The van der Waals surface area contributed by atoms with Crippen LogP contribution < -0.4 is 0 Å². The first-order valence-electron chi connectivity index (χ1n) is 3.05. The second-order valence-electron chi connectivity index (χ2n) is 2.27. The molecule has 1 N–H and O–H groups in total. The number of hydrogen-bond acceptors (Lipinski definition) is 2. The van der Waals surface area contributed by atoms with Gasteiger partial charge < -0.3 is 0 Å².